The Kier molecular flexibility index (Phi) is 11.1. The Labute approximate surface area is 251 Å². The molecule has 0 unspecified atom stereocenters. The number of fused-ring (bicyclic) bond motifs is 1. The third-order valence-electron chi connectivity index (χ3n) is 6.30. The number of amides is 2. The van der Waals surface area contributed by atoms with Crippen LogP contribution in [0.4, 0.5) is 17.5 Å². The van der Waals surface area contributed by atoms with E-state index in [2.05, 4.69) is 35.6 Å². The lowest BCUT2D eigenvalue weighted by Gasteiger charge is -2.22. The molecule has 2 aromatic heterocycles. The molecule has 0 fully saturated rings. The summed E-state index contributed by atoms with van der Waals surface area (Å²) in [6.07, 6.45) is 1.10. The Balaban J connectivity index is 1.66. The largest absolute Gasteiger partial charge is 0.481 e. The van der Waals surface area contributed by atoms with Crippen LogP contribution in [0.5, 0.6) is 0 Å². The minimum atomic E-state index is -1.31. The summed E-state index contributed by atoms with van der Waals surface area (Å²) in [5.41, 5.74) is 24.1. The zero-order chi connectivity index (χ0) is 32.4. The van der Waals surface area contributed by atoms with Crippen LogP contribution < -0.4 is 38.5 Å². The van der Waals surface area contributed by atoms with Gasteiger partial charge < -0.3 is 48.7 Å². The van der Waals surface area contributed by atoms with Crippen molar-refractivity contribution in [3.63, 3.8) is 0 Å². The van der Waals surface area contributed by atoms with Crippen molar-refractivity contribution in [2.45, 2.75) is 44.3 Å². The van der Waals surface area contributed by atoms with Crippen molar-refractivity contribution in [1.29, 1.82) is 0 Å². The van der Waals surface area contributed by atoms with Crippen LogP contribution >= 0.6 is 0 Å². The number of nitrogens with zero attached hydrogens (tertiary/aromatic N) is 6. The summed E-state index contributed by atoms with van der Waals surface area (Å²) in [6.45, 7) is 0.480. The lowest BCUT2D eigenvalue weighted by Crippen LogP contribution is -2.51. The lowest BCUT2D eigenvalue weighted by atomic mass is 10.1. The van der Waals surface area contributed by atoms with E-state index < -0.39 is 42.3 Å². The van der Waals surface area contributed by atoms with Gasteiger partial charge >= 0.3 is 11.9 Å². The van der Waals surface area contributed by atoms with E-state index >= 15 is 0 Å². The number of carbonyl (C=O) groups excluding carboxylic acids is 2. The van der Waals surface area contributed by atoms with Gasteiger partial charge in [-0.15, -0.1) is 0 Å². The molecular weight excluding hydrogens is 576 g/mol. The average molecular weight is 611 g/mol. The highest BCUT2D eigenvalue weighted by molar-refractivity contribution is 5.98. The standard InChI is InChI=1S/C26H34N12O6/c1-38(12-14-11-32-21-19(33-14)20(27)36-26(30)37-21)15-6-4-13(5-7-15)22(41)34-16(8-9-18(39)40)23(42)35-17(24(43)44)3-2-10-31-25(28)29/h4-7,11,16-17H,2-3,8-10,12H2,1H3,(H,34,41)(H,35,42)(H,39,40)(H,43,44)(H4,28,29,31)(H4,27,30,32,36,37)/t16-,17+/m1/s1. The number of aromatic nitrogens is 4. The van der Waals surface area contributed by atoms with E-state index in [1.807, 2.05) is 4.90 Å². The molecule has 0 spiro atoms. The third kappa shape index (κ3) is 9.36. The molecule has 0 aliphatic rings. The highest BCUT2D eigenvalue weighted by Gasteiger charge is 2.27. The highest BCUT2D eigenvalue weighted by atomic mass is 16.4. The molecule has 44 heavy (non-hydrogen) atoms. The van der Waals surface area contributed by atoms with Crippen LogP contribution in [-0.2, 0) is 20.9 Å². The average Bonchev–Trinajstić information content (AvgIpc) is 2.96. The molecule has 12 N–H and O–H groups in total. The maximum absolute atomic E-state index is 13.0. The van der Waals surface area contributed by atoms with Crippen molar-refractivity contribution in [1.82, 2.24) is 30.6 Å². The van der Waals surface area contributed by atoms with Gasteiger partial charge in [0.05, 0.1) is 18.4 Å². The summed E-state index contributed by atoms with van der Waals surface area (Å²) < 4.78 is 0. The Hall–Kier alpha value is -5.81. The first kappa shape index (κ1) is 32.7. The van der Waals surface area contributed by atoms with Crippen LogP contribution in [0.1, 0.15) is 41.7 Å². The minimum absolute atomic E-state index is 0.00687. The highest BCUT2D eigenvalue weighted by Crippen LogP contribution is 2.19. The number of aliphatic imine (C=N–C) groups is 1. The van der Waals surface area contributed by atoms with Crippen molar-refractivity contribution in [3.8, 4) is 0 Å². The van der Waals surface area contributed by atoms with E-state index in [0.717, 1.165) is 5.69 Å². The number of nitrogens with two attached hydrogens (primary N) is 4. The number of nitrogen functional groups attached to an aromatic ring is 2. The quantitative estimate of drug-likeness (QED) is 0.0569. The van der Waals surface area contributed by atoms with Crippen LogP contribution in [-0.4, -0.2) is 85.5 Å². The van der Waals surface area contributed by atoms with Crippen molar-refractivity contribution >= 4 is 58.3 Å². The lowest BCUT2D eigenvalue weighted by molar-refractivity contribution is -0.142. The number of hydrogen-bond donors (Lipinski definition) is 8. The first-order chi connectivity index (χ1) is 20.8. The van der Waals surface area contributed by atoms with E-state index in [1.54, 1.807) is 19.2 Å². The Morgan fingerprint density at radius 2 is 1.68 bits per heavy atom. The van der Waals surface area contributed by atoms with Crippen LogP contribution in [0, 0.1) is 0 Å². The maximum Gasteiger partial charge on any atom is 0.326 e. The molecule has 234 valence electrons. The molecule has 18 nitrogen and oxygen atoms in total. The molecule has 0 bridgehead atoms. The van der Waals surface area contributed by atoms with Crippen LogP contribution in [0.2, 0.25) is 0 Å². The van der Waals surface area contributed by atoms with Gasteiger partial charge in [-0.2, -0.15) is 9.97 Å². The molecule has 0 saturated heterocycles. The number of carboxylic acids is 2. The van der Waals surface area contributed by atoms with Crippen molar-refractivity contribution in [3.05, 3.63) is 41.7 Å². The van der Waals surface area contributed by atoms with E-state index in [9.17, 15) is 24.3 Å². The fourth-order valence-electron chi connectivity index (χ4n) is 4.07. The Bertz CT molecular complexity index is 1540. The first-order valence-corrected chi connectivity index (χ1v) is 13.3. The van der Waals surface area contributed by atoms with E-state index in [0.29, 0.717) is 17.8 Å². The van der Waals surface area contributed by atoms with Gasteiger partial charge in [0.15, 0.2) is 22.9 Å². The predicted octanol–water partition coefficient (Wildman–Crippen LogP) is -1.19. The van der Waals surface area contributed by atoms with Gasteiger partial charge in [-0.25, -0.2) is 14.8 Å². The predicted molar refractivity (Wildman–Crippen MR) is 160 cm³/mol. The number of carbonyl (C=O) groups is 4. The van der Waals surface area contributed by atoms with Crippen molar-refractivity contribution in [2.75, 3.05) is 30.0 Å². The molecule has 0 saturated carbocycles. The number of hydrogen-bond acceptors (Lipinski definition) is 12. The van der Waals surface area contributed by atoms with E-state index in [4.69, 9.17) is 28.0 Å². The van der Waals surface area contributed by atoms with Crippen molar-refractivity contribution < 1.29 is 29.4 Å². The topological polar surface area (TPSA) is 304 Å². The van der Waals surface area contributed by atoms with Crippen LogP contribution in [0.15, 0.2) is 35.5 Å². The molecule has 1 aromatic carbocycles. The number of anilines is 3. The molecule has 3 rings (SSSR count). The fraction of sp³-hybridized carbons (Fsp3) is 0.346. The fourth-order valence-corrected chi connectivity index (χ4v) is 4.07. The Morgan fingerprint density at radius 1 is 0.977 bits per heavy atom. The molecule has 2 atom stereocenters. The van der Waals surface area contributed by atoms with Gasteiger partial charge in [0.1, 0.15) is 12.1 Å². The molecule has 0 aliphatic carbocycles. The second-order valence-electron chi connectivity index (χ2n) is 9.71. The Morgan fingerprint density at radius 3 is 2.32 bits per heavy atom. The summed E-state index contributed by atoms with van der Waals surface area (Å²) in [5, 5.41) is 23.5. The summed E-state index contributed by atoms with van der Waals surface area (Å²) in [5.74, 6) is -4.03. The van der Waals surface area contributed by atoms with E-state index in [1.165, 1.54) is 18.3 Å². The summed E-state index contributed by atoms with van der Waals surface area (Å²) in [7, 11) is 1.80. The third-order valence-corrected chi connectivity index (χ3v) is 6.30. The molecule has 0 radical (unpaired) electrons. The maximum atomic E-state index is 13.0. The first-order valence-electron chi connectivity index (χ1n) is 13.3. The van der Waals surface area contributed by atoms with Gasteiger partial charge in [0.2, 0.25) is 11.9 Å². The normalized spacial score (nSPS) is 12.1. The number of carboxylic acid groups (broad SMARTS) is 2. The summed E-state index contributed by atoms with van der Waals surface area (Å²) in [6, 6.07) is 3.79. The van der Waals surface area contributed by atoms with Gasteiger partial charge in [0, 0.05) is 31.3 Å². The number of rotatable bonds is 15. The molecule has 18 heteroatoms. The summed E-state index contributed by atoms with van der Waals surface area (Å²) in [4.78, 5) is 71.0. The van der Waals surface area contributed by atoms with Gasteiger partial charge in [-0.1, -0.05) is 0 Å². The van der Waals surface area contributed by atoms with Crippen LogP contribution in [0.3, 0.4) is 0 Å². The van der Waals surface area contributed by atoms with Gasteiger partial charge in [-0.05, 0) is 43.5 Å². The van der Waals surface area contributed by atoms with Gasteiger partial charge in [-0.3, -0.25) is 19.4 Å². The number of aliphatic carboxylic acids is 2. The minimum Gasteiger partial charge on any atom is -0.481 e. The van der Waals surface area contributed by atoms with Gasteiger partial charge in [0.25, 0.3) is 5.91 Å². The second kappa shape index (κ2) is 14.9. The number of nitrogens with one attached hydrogen (secondary N) is 2. The zero-order valence-electron chi connectivity index (χ0n) is 23.8. The van der Waals surface area contributed by atoms with Crippen LogP contribution in [0.25, 0.3) is 11.2 Å². The molecular formula is C26H34N12O6. The SMILES string of the molecule is CN(Cc1cnc2nc(N)nc(N)c2n1)c1ccc(C(=O)N[C@H](CCC(=O)O)C(=O)N[C@@H](CCCN=C(N)N)C(=O)O)cc1. The second-order valence-corrected chi connectivity index (χ2v) is 9.71. The zero-order valence-corrected chi connectivity index (χ0v) is 23.8. The number of benzene rings is 1. The molecule has 0 aliphatic heterocycles. The smallest absolute Gasteiger partial charge is 0.326 e. The molecule has 2 amide bonds. The van der Waals surface area contributed by atoms with E-state index in [-0.39, 0.29) is 54.7 Å². The molecule has 3 aromatic rings. The summed E-state index contributed by atoms with van der Waals surface area (Å²) >= 11 is 0. The molecule has 2 heterocycles. The number of guanidine groups is 1. The van der Waals surface area contributed by atoms with Crippen molar-refractivity contribution in [2.24, 2.45) is 16.5 Å². The monoisotopic (exact) mass is 610 g/mol.